The molecule has 4 rings (SSSR count). The van der Waals surface area contributed by atoms with Gasteiger partial charge in [-0.25, -0.2) is 4.79 Å². The minimum atomic E-state index is -0.245. The van der Waals surface area contributed by atoms with Gasteiger partial charge in [0.2, 0.25) is 0 Å². The molecule has 3 fully saturated rings. The molecule has 3 aliphatic heterocycles. The van der Waals surface area contributed by atoms with E-state index in [2.05, 4.69) is 27.0 Å². The van der Waals surface area contributed by atoms with Gasteiger partial charge >= 0.3 is 6.03 Å². The summed E-state index contributed by atoms with van der Waals surface area (Å²) in [5.41, 5.74) is 1.90. The number of nitrogens with zero attached hydrogens (tertiary/aromatic N) is 4. The highest BCUT2D eigenvalue weighted by atomic mass is 16.5. The lowest BCUT2D eigenvalue weighted by Gasteiger charge is -2.39. The average molecular weight is 485 g/mol. The molecule has 0 spiro atoms. The number of urea groups is 1. The summed E-state index contributed by atoms with van der Waals surface area (Å²) in [4.78, 5) is 34.4. The number of methoxy groups -OCH3 is 1. The van der Waals surface area contributed by atoms with Crippen LogP contribution in [-0.2, 0) is 0 Å². The largest absolute Gasteiger partial charge is 0.495 e. The molecule has 0 unspecified atom stereocenters. The van der Waals surface area contributed by atoms with Gasteiger partial charge in [0.25, 0.3) is 5.91 Å². The molecule has 3 heterocycles. The molecule has 9 nitrogen and oxygen atoms in total. The predicted octanol–water partition coefficient (Wildman–Crippen LogP) is 1.82. The van der Waals surface area contributed by atoms with E-state index in [1.807, 2.05) is 11.9 Å². The van der Waals surface area contributed by atoms with Crippen LogP contribution < -0.4 is 20.3 Å². The first kappa shape index (κ1) is 25.5. The van der Waals surface area contributed by atoms with Crippen LogP contribution in [0, 0.1) is 5.92 Å². The van der Waals surface area contributed by atoms with Crippen molar-refractivity contribution in [1.82, 2.24) is 25.3 Å². The SMILES string of the molecule is C=C1CCN(c2cc(C(=O)N3CCN(CC4CCN(CCNC)CC4)CC3)ccc2OC)C(=O)N1. The van der Waals surface area contributed by atoms with Crippen LogP contribution >= 0.6 is 0 Å². The van der Waals surface area contributed by atoms with Gasteiger partial charge in [0.05, 0.1) is 12.8 Å². The zero-order valence-electron chi connectivity index (χ0n) is 21.2. The van der Waals surface area contributed by atoms with Gasteiger partial charge in [-0.15, -0.1) is 0 Å². The zero-order chi connectivity index (χ0) is 24.8. The van der Waals surface area contributed by atoms with Gasteiger partial charge in [0.1, 0.15) is 5.75 Å². The van der Waals surface area contributed by atoms with Crippen molar-refractivity contribution in [1.29, 1.82) is 0 Å². The first-order valence-corrected chi connectivity index (χ1v) is 12.8. The lowest BCUT2D eigenvalue weighted by Crippen LogP contribution is -2.50. The molecule has 9 heteroatoms. The molecule has 0 aromatic heterocycles. The second-order valence-corrected chi connectivity index (χ2v) is 9.80. The van der Waals surface area contributed by atoms with Crippen molar-refractivity contribution in [2.24, 2.45) is 5.92 Å². The molecule has 0 radical (unpaired) electrons. The van der Waals surface area contributed by atoms with E-state index in [-0.39, 0.29) is 11.9 Å². The Balaban J connectivity index is 1.31. The van der Waals surface area contributed by atoms with E-state index in [0.29, 0.717) is 35.7 Å². The molecule has 35 heavy (non-hydrogen) atoms. The molecule has 3 saturated heterocycles. The van der Waals surface area contributed by atoms with E-state index in [1.54, 1.807) is 30.2 Å². The van der Waals surface area contributed by atoms with Crippen molar-refractivity contribution in [2.45, 2.75) is 19.3 Å². The van der Waals surface area contributed by atoms with E-state index in [1.165, 1.54) is 25.9 Å². The van der Waals surface area contributed by atoms with E-state index in [0.717, 1.165) is 51.7 Å². The Hall–Kier alpha value is -2.62. The molecule has 3 amide bonds. The fourth-order valence-corrected chi connectivity index (χ4v) is 5.24. The maximum Gasteiger partial charge on any atom is 0.326 e. The highest BCUT2D eigenvalue weighted by molar-refractivity contribution is 5.99. The van der Waals surface area contributed by atoms with Gasteiger partial charge in [0, 0.05) is 70.0 Å². The van der Waals surface area contributed by atoms with Crippen LogP contribution in [0.3, 0.4) is 0 Å². The number of benzene rings is 1. The van der Waals surface area contributed by atoms with Gasteiger partial charge in [-0.1, -0.05) is 6.58 Å². The molecular formula is C26H40N6O3. The van der Waals surface area contributed by atoms with Crippen LogP contribution in [0.2, 0.25) is 0 Å². The molecule has 1 aromatic carbocycles. The molecule has 0 bridgehead atoms. The number of nitrogens with one attached hydrogen (secondary N) is 2. The predicted molar refractivity (Wildman–Crippen MR) is 138 cm³/mol. The van der Waals surface area contributed by atoms with E-state index in [9.17, 15) is 9.59 Å². The van der Waals surface area contributed by atoms with Crippen molar-refractivity contribution in [2.75, 3.05) is 84.5 Å². The first-order valence-electron chi connectivity index (χ1n) is 12.8. The number of rotatable bonds is 8. The molecule has 0 atom stereocenters. The zero-order valence-corrected chi connectivity index (χ0v) is 21.2. The summed E-state index contributed by atoms with van der Waals surface area (Å²) in [7, 11) is 3.59. The van der Waals surface area contributed by atoms with E-state index < -0.39 is 0 Å². The molecule has 0 aliphatic carbocycles. The van der Waals surface area contributed by atoms with Gasteiger partial charge in [0.15, 0.2) is 0 Å². The lowest BCUT2D eigenvalue weighted by molar-refractivity contribution is 0.0588. The Kier molecular flexibility index (Phi) is 8.64. The molecule has 1 aromatic rings. The van der Waals surface area contributed by atoms with Crippen molar-refractivity contribution in [3.63, 3.8) is 0 Å². The normalized spacial score (nSPS) is 20.7. The minimum absolute atomic E-state index is 0.00761. The fourth-order valence-electron chi connectivity index (χ4n) is 5.24. The smallest absolute Gasteiger partial charge is 0.326 e. The third-order valence-electron chi connectivity index (χ3n) is 7.44. The van der Waals surface area contributed by atoms with Crippen molar-refractivity contribution >= 4 is 17.6 Å². The maximum absolute atomic E-state index is 13.3. The number of likely N-dealkylation sites (tertiary alicyclic amines) is 1. The lowest BCUT2D eigenvalue weighted by atomic mass is 9.96. The third-order valence-corrected chi connectivity index (χ3v) is 7.44. The fraction of sp³-hybridized carbons (Fsp3) is 0.615. The second kappa shape index (κ2) is 11.9. The molecule has 0 saturated carbocycles. The number of amides is 3. The minimum Gasteiger partial charge on any atom is -0.495 e. The quantitative estimate of drug-likeness (QED) is 0.586. The molecule has 192 valence electrons. The Morgan fingerprint density at radius 1 is 1.11 bits per heavy atom. The number of carbonyl (C=O) groups excluding carboxylic acids is 2. The number of hydrogen-bond acceptors (Lipinski definition) is 6. The summed E-state index contributed by atoms with van der Waals surface area (Å²) in [5.74, 6) is 1.33. The van der Waals surface area contributed by atoms with Crippen LogP contribution in [0.15, 0.2) is 30.5 Å². The molecule has 3 aliphatic rings. The van der Waals surface area contributed by atoms with Gasteiger partial charge in [-0.3, -0.25) is 14.6 Å². The van der Waals surface area contributed by atoms with Crippen LogP contribution in [0.25, 0.3) is 0 Å². The monoisotopic (exact) mass is 484 g/mol. The summed E-state index contributed by atoms with van der Waals surface area (Å²) in [6, 6.07) is 5.10. The Labute approximate surface area is 209 Å². The highest BCUT2D eigenvalue weighted by Crippen LogP contribution is 2.32. The van der Waals surface area contributed by atoms with E-state index >= 15 is 0 Å². The van der Waals surface area contributed by atoms with Crippen LogP contribution in [0.5, 0.6) is 5.75 Å². The van der Waals surface area contributed by atoms with Crippen LogP contribution in [0.4, 0.5) is 10.5 Å². The van der Waals surface area contributed by atoms with Crippen LogP contribution in [-0.4, -0.2) is 106 Å². The number of piperazine rings is 1. The Morgan fingerprint density at radius 2 is 1.86 bits per heavy atom. The molecule has 2 N–H and O–H groups in total. The van der Waals surface area contributed by atoms with Crippen molar-refractivity contribution in [3.8, 4) is 5.75 Å². The number of piperidine rings is 1. The third kappa shape index (κ3) is 6.34. The average Bonchev–Trinajstić information content (AvgIpc) is 2.88. The number of ether oxygens (including phenoxy) is 1. The summed E-state index contributed by atoms with van der Waals surface area (Å²) in [6.45, 7) is 13.3. The van der Waals surface area contributed by atoms with Gasteiger partial charge < -0.3 is 25.2 Å². The summed E-state index contributed by atoms with van der Waals surface area (Å²) >= 11 is 0. The molecular weight excluding hydrogens is 444 g/mol. The maximum atomic E-state index is 13.3. The Morgan fingerprint density at radius 3 is 2.51 bits per heavy atom. The Bertz CT molecular complexity index is 906. The first-order chi connectivity index (χ1) is 17.0. The number of hydrogen-bond donors (Lipinski definition) is 2. The van der Waals surface area contributed by atoms with Crippen molar-refractivity contribution < 1.29 is 14.3 Å². The summed E-state index contributed by atoms with van der Waals surface area (Å²) in [5, 5.41) is 6.01. The standard InChI is InChI=1S/C26H40N6O3/c1-20-6-12-32(26(34)28-20)23-18-22(4-5-24(23)35-3)25(33)31-16-14-30(15-17-31)19-21-7-10-29(11-8-21)13-9-27-2/h4-5,18,21,27H,1,6-17,19H2,2-3H3,(H,28,34). The summed E-state index contributed by atoms with van der Waals surface area (Å²) < 4.78 is 5.48. The van der Waals surface area contributed by atoms with Gasteiger partial charge in [-0.05, 0) is 57.1 Å². The number of carbonyl (C=O) groups is 2. The number of likely N-dealkylation sites (N-methyl/N-ethyl adjacent to an activating group) is 1. The van der Waals surface area contributed by atoms with E-state index in [4.69, 9.17) is 4.74 Å². The number of anilines is 1. The topological polar surface area (TPSA) is 80.4 Å². The highest BCUT2D eigenvalue weighted by Gasteiger charge is 2.28. The van der Waals surface area contributed by atoms with Gasteiger partial charge in [-0.2, -0.15) is 0 Å². The van der Waals surface area contributed by atoms with Crippen LogP contribution in [0.1, 0.15) is 29.6 Å². The second-order valence-electron chi connectivity index (χ2n) is 9.80. The summed E-state index contributed by atoms with van der Waals surface area (Å²) in [6.07, 6.45) is 3.17. The van der Waals surface area contributed by atoms with Crippen molar-refractivity contribution in [3.05, 3.63) is 36.0 Å².